The second-order valence-corrected chi connectivity index (χ2v) is 8.38. The lowest BCUT2D eigenvalue weighted by molar-refractivity contribution is -0.139. The molecule has 0 spiro atoms. The highest BCUT2D eigenvalue weighted by Gasteiger charge is 2.37. The number of benzene rings is 1. The summed E-state index contributed by atoms with van der Waals surface area (Å²) in [6.07, 6.45) is 3.26. The molecule has 0 bridgehead atoms. The molecule has 0 aliphatic carbocycles. The van der Waals surface area contributed by atoms with Crippen LogP contribution in [0.5, 0.6) is 0 Å². The van der Waals surface area contributed by atoms with Crippen LogP contribution in [-0.2, 0) is 15.0 Å². The molecule has 2 aromatic rings. The monoisotopic (exact) mass is 391 g/mol. The molecule has 138 valence electrons. The molecule has 1 N–H and O–H groups in total. The lowest BCUT2D eigenvalue weighted by Crippen LogP contribution is -2.49. The number of halogens is 1. The van der Waals surface area contributed by atoms with Crippen molar-refractivity contribution in [1.82, 2.24) is 9.88 Å². The van der Waals surface area contributed by atoms with Gasteiger partial charge in [0, 0.05) is 29.7 Å². The van der Waals surface area contributed by atoms with E-state index < -0.39 is 5.41 Å². The van der Waals surface area contributed by atoms with Crippen LogP contribution >= 0.6 is 22.9 Å². The second kappa shape index (κ2) is 7.76. The standard InChI is InChI=1S/C19H22ClN3O2S/c1-19(2,14-5-7-15(20)8-6-14)17(25)23-10-3-4-13(12-23)16(24)22-18-21-9-11-26-18/h5-9,11,13H,3-4,10,12H2,1-2H3,(H,21,22,24). The van der Waals surface area contributed by atoms with Gasteiger partial charge in [0.25, 0.3) is 0 Å². The number of rotatable bonds is 4. The van der Waals surface area contributed by atoms with Crippen molar-refractivity contribution in [2.45, 2.75) is 32.1 Å². The number of aromatic nitrogens is 1. The van der Waals surface area contributed by atoms with E-state index in [2.05, 4.69) is 10.3 Å². The third-order valence-corrected chi connectivity index (χ3v) is 5.78. The van der Waals surface area contributed by atoms with E-state index in [1.807, 2.05) is 36.3 Å². The molecule has 3 rings (SSSR count). The Balaban J connectivity index is 1.69. The predicted octanol–water partition coefficient (Wildman–Crippen LogP) is 3.95. The van der Waals surface area contributed by atoms with Gasteiger partial charge in [0.05, 0.1) is 11.3 Å². The molecule has 0 saturated carbocycles. The number of hydrogen-bond acceptors (Lipinski definition) is 4. The van der Waals surface area contributed by atoms with Crippen LogP contribution in [0, 0.1) is 5.92 Å². The number of amides is 2. The molecule has 1 aliphatic heterocycles. The van der Waals surface area contributed by atoms with E-state index in [0.29, 0.717) is 23.2 Å². The largest absolute Gasteiger partial charge is 0.341 e. The number of piperidine rings is 1. The Morgan fingerprint density at radius 3 is 2.69 bits per heavy atom. The zero-order valence-electron chi connectivity index (χ0n) is 14.9. The average molecular weight is 392 g/mol. The Hall–Kier alpha value is -1.92. The summed E-state index contributed by atoms with van der Waals surface area (Å²) in [4.78, 5) is 31.5. The van der Waals surface area contributed by atoms with Gasteiger partial charge in [-0.25, -0.2) is 4.98 Å². The number of carbonyl (C=O) groups is 2. The SMILES string of the molecule is CC(C)(C(=O)N1CCCC(C(=O)Nc2nccs2)C1)c1ccc(Cl)cc1. The molecule has 5 nitrogen and oxygen atoms in total. The van der Waals surface area contributed by atoms with Gasteiger partial charge in [0.2, 0.25) is 11.8 Å². The number of nitrogens with one attached hydrogen (secondary N) is 1. The van der Waals surface area contributed by atoms with Gasteiger partial charge in [-0.3, -0.25) is 9.59 Å². The molecule has 1 aromatic heterocycles. The highest BCUT2D eigenvalue weighted by molar-refractivity contribution is 7.13. The van der Waals surface area contributed by atoms with E-state index in [0.717, 1.165) is 18.4 Å². The van der Waals surface area contributed by atoms with E-state index in [1.165, 1.54) is 11.3 Å². The van der Waals surface area contributed by atoms with Crippen molar-refractivity contribution in [2.24, 2.45) is 5.92 Å². The van der Waals surface area contributed by atoms with Gasteiger partial charge < -0.3 is 10.2 Å². The number of carbonyl (C=O) groups excluding carboxylic acids is 2. The zero-order valence-corrected chi connectivity index (χ0v) is 16.4. The van der Waals surface area contributed by atoms with Gasteiger partial charge in [0.1, 0.15) is 0 Å². The summed E-state index contributed by atoms with van der Waals surface area (Å²) in [7, 11) is 0. The fraction of sp³-hybridized carbons (Fsp3) is 0.421. The van der Waals surface area contributed by atoms with Gasteiger partial charge in [-0.1, -0.05) is 23.7 Å². The number of hydrogen-bond donors (Lipinski definition) is 1. The van der Waals surface area contributed by atoms with Crippen LogP contribution in [0.1, 0.15) is 32.3 Å². The Morgan fingerprint density at radius 2 is 2.04 bits per heavy atom. The van der Waals surface area contributed by atoms with Crippen molar-refractivity contribution in [3.05, 3.63) is 46.4 Å². The van der Waals surface area contributed by atoms with E-state index >= 15 is 0 Å². The number of likely N-dealkylation sites (tertiary alicyclic amines) is 1. The second-order valence-electron chi connectivity index (χ2n) is 7.05. The van der Waals surface area contributed by atoms with E-state index in [9.17, 15) is 9.59 Å². The quantitative estimate of drug-likeness (QED) is 0.858. The number of nitrogens with zero attached hydrogens (tertiary/aromatic N) is 2. The molecular weight excluding hydrogens is 370 g/mol. The molecule has 1 aliphatic rings. The highest BCUT2D eigenvalue weighted by Crippen LogP contribution is 2.29. The minimum Gasteiger partial charge on any atom is -0.341 e. The normalized spacial score (nSPS) is 17.8. The first-order chi connectivity index (χ1) is 12.4. The summed E-state index contributed by atoms with van der Waals surface area (Å²) < 4.78 is 0. The number of thiazole rings is 1. The van der Waals surface area contributed by atoms with Crippen LogP contribution in [0.2, 0.25) is 5.02 Å². The van der Waals surface area contributed by atoms with Gasteiger partial charge in [-0.2, -0.15) is 0 Å². The first-order valence-corrected chi connectivity index (χ1v) is 9.89. The van der Waals surface area contributed by atoms with Crippen molar-refractivity contribution >= 4 is 39.9 Å². The minimum absolute atomic E-state index is 0.0339. The first-order valence-electron chi connectivity index (χ1n) is 8.63. The summed E-state index contributed by atoms with van der Waals surface area (Å²) >= 11 is 7.35. The zero-order chi connectivity index (χ0) is 18.7. The minimum atomic E-state index is -0.668. The molecule has 2 amide bonds. The Kier molecular flexibility index (Phi) is 5.63. The van der Waals surface area contributed by atoms with Crippen LogP contribution in [-0.4, -0.2) is 34.8 Å². The molecule has 1 fully saturated rings. The molecule has 1 unspecified atom stereocenters. The van der Waals surface area contributed by atoms with Crippen molar-refractivity contribution in [3.8, 4) is 0 Å². The van der Waals surface area contributed by atoms with Crippen LogP contribution in [0.25, 0.3) is 0 Å². The predicted molar refractivity (Wildman–Crippen MR) is 105 cm³/mol. The third kappa shape index (κ3) is 4.07. The van der Waals surface area contributed by atoms with Crippen LogP contribution in [0.15, 0.2) is 35.8 Å². The maximum absolute atomic E-state index is 13.1. The summed E-state index contributed by atoms with van der Waals surface area (Å²) in [5.41, 5.74) is 0.249. The molecule has 0 radical (unpaired) electrons. The maximum atomic E-state index is 13.1. The summed E-state index contributed by atoms with van der Waals surface area (Å²) in [6.45, 7) is 4.94. The van der Waals surface area contributed by atoms with E-state index in [-0.39, 0.29) is 17.7 Å². The van der Waals surface area contributed by atoms with Crippen LogP contribution in [0.3, 0.4) is 0 Å². The van der Waals surface area contributed by atoms with Crippen molar-refractivity contribution < 1.29 is 9.59 Å². The van der Waals surface area contributed by atoms with Gasteiger partial charge in [-0.15, -0.1) is 11.3 Å². The summed E-state index contributed by atoms with van der Waals surface area (Å²) in [6, 6.07) is 7.37. The molecular formula is C19H22ClN3O2S. The lowest BCUT2D eigenvalue weighted by atomic mass is 9.82. The van der Waals surface area contributed by atoms with E-state index in [4.69, 9.17) is 11.6 Å². The highest BCUT2D eigenvalue weighted by atomic mass is 35.5. The first kappa shape index (κ1) is 18.9. The average Bonchev–Trinajstić information content (AvgIpc) is 3.14. The Labute approximate surface area is 162 Å². The lowest BCUT2D eigenvalue weighted by Gasteiger charge is -2.37. The number of anilines is 1. The molecule has 1 saturated heterocycles. The van der Waals surface area contributed by atoms with Gasteiger partial charge in [-0.05, 0) is 44.4 Å². The molecule has 7 heteroatoms. The fourth-order valence-corrected chi connectivity index (χ4v) is 3.91. The van der Waals surface area contributed by atoms with Crippen molar-refractivity contribution in [2.75, 3.05) is 18.4 Å². The third-order valence-electron chi connectivity index (χ3n) is 4.84. The molecule has 1 aromatic carbocycles. The topological polar surface area (TPSA) is 62.3 Å². The fourth-order valence-electron chi connectivity index (χ4n) is 3.25. The van der Waals surface area contributed by atoms with Gasteiger partial charge >= 0.3 is 0 Å². The summed E-state index contributed by atoms with van der Waals surface area (Å²) in [5, 5.41) is 5.91. The maximum Gasteiger partial charge on any atom is 0.232 e. The van der Waals surface area contributed by atoms with E-state index in [1.54, 1.807) is 18.3 Å². The Bertz CT molecular complexity index is 775. The molecule has 2 heterocycles. The van der Waals surface area contributed by atoms with Crippen molar-refractivity contribution in [1.29, 1.82) is 0 Å². The van der Waals surface area contributed by atoms with Gasteiger partial charge in [0.15, 0.2) is 5.13 Å². The van der Waals surface area contributed by atoms with Crippen LogP contribution in [0.4, 0.5) is 5.13 Å². The Morgan fingerprint density at radius 1 is 1.31 bits per heavy atom. The summed E-state index contributed by atoms with van der Waals surface area (Å²) in [5.74, 6) is -0.245. The van der Waals surface area contributed by atoms with Crippen molar-refractivity contribution in [3.63, 3.8) is 0 Å². The molecule has 26 heavy (non-hydrogen) atoms. The van der Waals surface area contributed by atoms with Crippen LogP contribution < -0.4 is 5.32 Å². The smallest absolute Gasteiger partial charge is 0.232 e. The molecule has 1 atom stereocenters.